The van der Waals surface area contributed by atoms with Crippen molar-refractivity contribution in [2.24, 2.45) is 0 Å². The predicted molar refractivity (Wildman–Crippen MR) is 80.8 cm³/mol. The van der Waals surface area contributed by atoms with Crippen LogP contribution in [0.5, 0.6) is 0 Å². The Hall–Kier alpha value is -2.35. The number of nitrogens with one attached hydrogen (secondary N) is 1. The number of hydrogen-bond donors (Lipinski definition) is 1. The van der Waals surface area contributed by atoms with Gasteiger partial charge < -0.3 is 5.32 Å². The van der Waals surface area contributed by atoms with Gasteiger partial charge in [0.1, 0.15) is 5.82 Å². The minimum absolute atomic E-state index is 0.878. The summed E-state index contributed by atoms with van der Waals surface area (Å²) in [6.07, 6.45) is 1.06. The zero-order valence-electron chi connectivity index (χ0n) is 10.9. The molecule has 0 saturated heterocycles. The van der Waals surface area contributed by atoms with Gasteiger partial charge in [-0.3, -0.25) is 0 Å². The number of benzene rings is 2. The third-order valence-electron chi connectivity index (χ3n) is 3.23. The van der Waals surface area contributed by atoms with E-state index >= 15 is 0 Å². The van der Waals surface area contributed by atoms with Crippen LogP contribution in [0.2, 0.25) is 0 Å². The van der Waals surface area contributed by atoms with Crippen LogP contribution in [0.1, 0.15) is 12.5 Å². The van der Waals surface area contributed by atoms with Crippen molar-refractivity contribution < 1.29 is 0 Å². The molecular weight excluding hydrogens is 232 g/mol. The van der Waals surface area contributed by atoms with Crippen LogP contribution in [-0.4, -0.2) is 4.98 Å². The lowest BCUT2D eigenvalue weighted by Crippen LogP contribution is -1.93. The molecule has 1 N–H and O–H groups in total. The van der Waals surface area contributed by atoms with Crippen LogP contribution in [0.15, 0.2) is 60.7 Å². The summed E-state index contributed by atoms with van der Waals surface area (Å²) in [5.74, 6) is 0.878. The van der Waals surface area contributed by atoms with Crippen molar-refractivity contribution in [3.63, 3.8) is 0 Å². The molecule has 0 aliphatic carbocycles. The molecule has 1 aromatic heterocycles. The van der Waals surface area contributed by atoms with Gasteiger partial charge in [-0.25, -0.2) is 4.98 Å². The third kappa shape index (κ3) is 2.58. The zero-order chi connectivity index (χ0) is 13.1. The Morgan fingerprint density at radius 2 is 1.68 bits per heavy atom. The Labute approximate surface area is 113 Å². The molecule has 0 unspecified atom stereocenters. The number of anilines is 2. The lowest BCUT2D eigenvalue weighted by atomic mass is 10.1. The smallest absolute Gasteiger partial charge is 0.131 e. The van der Waals surface area contributed by atoms with Gasteiger partial charge >= 0.3 is 0 Å². The van der Waals surface area contributed by atoms with Gasteiger partial charge in [-0.1, -0.05) is 37.3 Å². The average Bonchev–Trinajstić information content (AvgIpc) is 2.48. The zero-order valence-corrected chi connectivity index (χ0v) is 10.9. The summed E-state index contributed by atoms with van der Waals surface area (Å²) in [7, 11) is 0. The molecular formula is C17H16N2. The number of aryl methyl sites for hydroxylation is 1. The highest BCUT2D eigenvalue weighted by Gasteiger charge is 1.98. The third-order valence-corrected chi connectivity index (χ3v) is 3.23. The molecule has 0 radical (unpaired) electrons. The summed E-state index contributed by atoms with van der Waals surface area (Å²) in [5, 5.41) is 4.50. The first-order chi connectivity index (χ1) is 9.35. The van der Waals surface area contributed by atoms with Gasteiger partial charge in [-0.2, -0.15) is 0 Å². The van der Waals surface area contributed by atoms with Crippen molar-refractivity contribution in [2.75, 3.05) is 5.32 Å². The van der Waals surface area contributed by atoms with Gasteiger partial charge in [-0.05, 0) is 42.3 Å². The van der Waals surface area contributed by atoms with Crippen molar-refractivity contribution in [1.29, 1.82) is 0 Å². The molecule has 19 heavy (non-hydrogen) atoms. The van der Waals surface area contributed by atoms with Crippen LogP contribution in [-0.2, 0) is 6.42 Å². The van der Waals surface area contributed by atoms with E-state index in [0.717, 1.165) is 28.8 Å². The highest BCUT2D eigenvalue weighted by atomic mass is 15.0. The highest BCUT2D eigenvalue weighted by molar-refractivity contribution is 5.80. The molecule has 1 heterocycles. The molecule has 0 atom stereocenters. The van der Waals surface area contributed by atoms with Gasteiger partial charge in [0, 0.05) is 11.1 Å². The van der Waals surface area contributed by atoms with E-state index in [-0.39, 0.29) is 0 Å². The molecule has 0 bridgehead atoms. The van der Waals surface area contributed by atoms with Crippen molar-refractivity contribution in [3.8, 4) is 0 Å². The summed E-state index contributed by atoms with van der Waals surface area (Å²) in [6, 6.07) is 20.7. The predicted octanol–water partition coefficient (Wildman–Crippen LogP) is 4.54. The average molecular weight is 248 g/mol. The number of rotatable bonds is 3. The van der Waals surface area contributed by atoms with Crippen LogP contribution >= 0.6 is 0 Å². The fourth-order valence-corrected chi connectivity index (χ4v) is 2.11. The normalized spacial score (nSPS) is 10.6. The maximum absolute atomic E-state index is 4.60. The van der Waals surface area contributed by atoms with Gasteiger partial charge in [0.25, 0.3) is 0 Å². The Balaban J connectivity index is 1.87. The summed E-state index contributed by atoms with van der Waals surface area (Å²) in [4.78, 5) is 4.60. The lowest BCUT2D eigenvalue weighted by Gasteiger charge is -2.07. The summed E-state index contributed by atoms with van der Waals surface area (Å²) < 4.78 is 0. The number of hydrogen-bond acceptors (Lipinski definition) is 2. The Kier molecular flexibility index (Phi) is 3.15. The number of fused-ring (bicyclic) bond motifs is 1. The van der Waals surface area contributed by atoms with Crippen LogP contribution in [0, 0.1) is 0 Å². The fourth-order valence-electron chi connectivity index (χ4n) is 2.11. The minimum atomic E-state index is 0.878. The lowest BCUT2D eigenvalue weighted by molar-refractivity contribution is 1.14. The molecule has 3 aromatic rings. The first kappa shape index (κ1) is 11.7. The molecule has 3 rings (SSSR count). The van der Waals surface area contributed by atoms with E-state index in [1.165, 1.54) is 5.56 Å². The molecule has 2 aromatic carbocycles. The van der Waals surface area contributed by atoms with Crippen LogP contribution in [0.3, 0.4) is 0 Å². The summed E-state index contributed by atoms with van der Waals surface area (Å²) in [5.41, 5.74) is 3.43. The largest absolute Gasteiger partial charge is 0.340 e. The summed E-state index contributed by atoms with van der Waals surface area (Å²) >= 11 is 0. The Morgan fingerprint density at radius 1 is 0.895 bits per heavy atom. The minimum Gasteiger partial charge on any atom is -0.340 e. The molecule has 0 aliphatic heterocycles. The molecule has 0 fully saturated rings. The molecule has 0 saturated carbocycles. The van der Waals surface area contributed by atoms with Gasteiger partial charge in [0.2, 0.25) is 0 Å². The van der Waals surface area contributed by atoms with Crippen molar-refractivity contribution in [1.82, 2.24) is 4.98 Å². The van der Waals surface area contributed by atoms with Gasteiger partial charge in [0.05, 0.1) is 5.52 Å². The molecule has 0 spiro atoms. The first-order valence-electron chi connectivity index (χ1n) is 6.57. The second-order valence-electron chi connectivity index (χ2n) is 4.56. The van der Waals surface area contributed by atoms with E-state index < -0.39 is 0 Å². The second-order valence-corrected chi connectivity index (χ2v) is 4.56. The standard InChI is InChI=1S/C17H16N2/c1-2-13-7-10-15(11-8-13)18-17-12-9-14-5-3-4-6-16(14)19-17/h3-12H,2H2,1H3,(H,18,19). The Morgan fingerprint density at radius 3 is 2.47 bits per heavy atom. The van der Waals surface area contributed by atoms with E-state index in [1.54, 1.807) is 0 Å². The van der Waals surface area contributed by atoms with Crippen molar-refractivity contribution in [3.05, 3.63) is 66.2 Å². The van der Waals surface area contributed by atoms with E-state index in [0.29, 0.717) is 0 Å². The molecule has 0 amide bonds. The molecule has 2 nitrogen and oxygen atoms in total. The topological polar surface area (TPSA) is 24.9 Å². The Bertz CT molecular complexity index is 687. The van der Waals surface area contributed by atoms with E-state index in [9.17, 15) is 0 Å². The van der Waals surface area contributed by atoms with E-state index in [1.807, 2.05) is 24.3 Å². The summed E-state index contributed by atoms with van der Waals surface area (Å²) in [6.45, 7) is 2.16. The SMILES string of the molecule is CCc1ccc(Nc2ccc3ccccc3n2)cc1. The molecule has 94 valence electrons. The van der Waals surface area contributed by atoms with Crippen molar-refractivity contribution in [2.45, 2.75) is 13.3 Å². The molecule has 2 heteroatoms. The van der Waals surface area contributed by atoms with Crippen molar-refractivity contribution >= 4 is 22.4 Å². The van der Waals surface area contributed by atoms with E-state index in [4.69, 9.17) is 0 Å². The molecule has 0 aliphatic rings. The van der Waals surface area contributed by atoms with E-state index in [2.05, 4.69) is 53.6 Å². The van der Waals surface area contributed by atoms with Crippen LogP contribution < -0.4 is 5.32 Å². The van der Waals surface area contributed by atoms with Crippen LogP contribution in [0.25, 0.3) is 10.9 Å². The van der Waals surface area contributed by atoms with Crippen LogP contribution in [0.4, 0.5) is 11.5 Å². The second kappa shape index (κ2) is 5.11. The van der Waals surface area contributed by atoms with Gasteiger partial charge in [0.15, 0.2) is 0 Å². The number of nitrogens with zero attached hydrogens (tertiary/aromatic N) is 1. The fraction of sp³-hybridized carbons (Fsp3) is 0.118. The monoisotopic (exact) mass is 248 g/mol. The number of para-hydroxylation sites is 1. The highest BCUT2D eigenvalue weighted by Crippen LogP contribution is 2.19. The quantitative estimate of drug-likeness (QED) is 0.736. The number of aromatic nitrogens is 1. The van der Waals surface area contributed by atoms with Gasteiger partial charge in [-0.15, -0.1) is 0 Å². The maximum Gasteiger partial charge on any atom is 0.131 e. The maximum atomic E-state index is 4.60. The first-order valence-corrected chi connectivity index (χ1v) is 6.57. The number of pyridine rings is 1.